The van der Waals surface area contributed by atoms with Crippen molar-refractivity contribution >= 4 is 6.29 Å². The van der Waals surface area contributed by atoms with Crippen molar-refractivity contribution in [3.8, 4) is 0 Å². The molecule has 0 aromatic heterocycles. The van der Waals surface area contributed by atoms with Crippen molar-refractivity contribution in [2.24, 2.45) is 5.41 Å². The number of hydrogen-bond acceptors (Lipinski definition) is 3. The summed E-state index contributed by atoms with van der Waals surface area (Å²) < 4.78 is 10.8. The second kappa shape index (κ2) is 3.76. The number of carbonyl (C=O) groups excluding carboxylic acids is 1. The van der Waals surface area contributed by atoms with E-state index in [1.165, 1.54) is 0 Å². The highest BCUT2D eigenvalue weighted by atomic mass is 16.5. The summed E-state index contributed by atoms with van der Waals surface area (Å²) in [5.41, 5.74) is -0.227. The molecule has 2 aliphatic heterocycles. The summed E-state index contributed by atoms with van der Waals surface area (Å²) in [6.07, 6.45) is 5.34. The first-order valence-electron chi connectivity index (χ1n) is 5.00. The molecular formula is C10H16O3. The molecule has 0 saturated carbocycles. The molecule has 0 aromatic carbocycles. The van der Waals surface area contributed by atoms with E-state index in [-0.39, 0.29) is 5.41 Å². The second-order valence-electron chi connectivity index (χ2n) is 4.12. The molecule has 0 radical (unpaired) electrons. The number of hydrogen-bond donors (Lipinski definition) is 0. The van der Waals surface area contributed by atoms with Crippen LogP contribution in [0.3, 0.4) is 0 Å². The zero-order valence-corrected chi connectivity index (χ0v) is 7.83. The molecule has 0 bridgehead atoms. The van der Waals surface area contributed by atoms with Gasteiger partial charge in [-0.3, -0.25) is 0 Å². The maximum absolute atomic E-state index is 11.0. The first-order valence-corrected chi connectivity index (χ1v) is 5.00. The van der Waals surface area contributed by atoms with Crippen LogP contribution in [0.25, 0.3) is 0 Å². The quantitative estimate of drug-likeness (QED) is 0.617. The summed E-state index contributed by atoms with van der Waals surface area (Å²) in [5.74, 6) is 0. The molecule has 2 heterocycles. The number of carbonyl (C=O) groups is 1. The third kappa shape index (κ3) is 1.92. The summed E-state index contributed by atoms with van der Waals surface area (Å²) in [6, 6.07) is 0. The van der Waals surface area contributed by atoms with Crippen LogP contribution in [0.15, 0.2) is 0 Å². The monoisotopic (exact) mass is 184 g/mol. The van der Waals surface area contributed by atoms with E-state index in [0.29, 0.717) is 12.7 Å². The van der Waals surface area contributed by atoms with Crippen LogP contribution >= 0.6 is 0 Å². The Morgan fingerprint density at radius 3 is 2.92 bits per heavy atom. The molecule has 74 valence electrons. The highest BCUT2D eigenvalue weighted by molar-refractivity contribution is 5.60. The Kier molecular flexibility index (Phi) is 2.65. The minimum atomic E-state index is -0.227. The molecule has 0 spiro atoms. The van der Waals surface area contributed by atoms with Crippen LogP contribution in [0.1, 0.15) is 25.7 Å². The van der Waals surface area contributed by atoms with Gasteiger partial charge in [-0.05, 0) is 25.7 Å². The number of ether oxygens (including phenoxy) is 2. The van der Waals surface area contributed by atoms with Gasteiger partial charge in [0.15, 0.2) is 0 Å². The van der Waals surface area contributed by atoms with Gasteiger partial charge in [0.2, 0.25) is 0 Å². The summed E-state index contributed by atoms with van der Waals surface area (Å²) in [6.45, 7) is 2.18. The molecule has 0 aliphatic carbocycles. The zero-order chi connectivity index (χ0) is 9.15. The predicted molar refractivity (Wildman–Crippen MR) is 47.5 cm³/mol. The van der Waals surface area contributed by atoms with Crippen molar-refractivity contribution in [3.05, 3.63) is 0 Å². The van der Waals surface area contributed by atoms with Gasteiger partial charge in [0.25, 0.3) is 0 Å². The topological polar surface area (TPSA) is 35.5 Å². The van der Waals surface area contributed by atoms with Crippen LogP contribution in [0.2, 0.25) is 0 Å². The van der Waals surface area contributed by atoms with Gasteiger partial charge in [0.05, 0.1) is 18.1 Å². The van der Waals surface area contributed by atoms with Crippen LogP contribution in [-0.4, -0.2) is 32.2 Å². The van der Waals surface area contributed by atoms with Gasteiger partial charge in [-0.25, -0.2) is 0 Å². The molecule has 2 aliphatic rings. The lowest BCUT2D eigenvalue weighted by Gasteiger charge is -2.23. The highest BCUT2D eigenvalue weighted by Gasteiger charge is 2.38. The highest BCUT2D eigenvalue weighted by Crippen LogP contribution is 2.34. The van der Waals surface area contributed by atoms with Gasteiger partial charge in [0.1, 0.15) is 6.29 Å². The van der Waals surface area contributed by atoms with Gasteiger partial charge in [-0.15, -0.1) is 0 Å². The normalized spacial score (nSPS) is 39.5. The van der Waals surface area contributed by atoms with Gasteiger partial charge >= 0.3 is 0 Å². The Balaban J connectivity index is 1.92. The largest absolute Gasteiger partial charge is 0.380 e. The van der Waals surface area contributed by atoms with E-state index >= 15 is 0 Å². The average Bonchev–Trinajstić information content (AvgIpc) is 2.77. The lowest BCUT2D eigenvalue weighted by Crippen LogP contribution is -2.28. The van der Waals surface area contributed by atoms with E-state index in [1.54, 1.807) is 0 Å². The predicted octanol–water partition coefficient (Wildman–Crippen LogP) is 1.16. The van der Waals surface area contributed by atoms with Crippen molar-refractivity contribution in [1.29, 1.82) is 0 Å². The van der Waals surface area contributed by atoms with Crippen LogP contribution in [-0.2, 0) is 14.3 Å². The smallest absolute Gasteiger partial charge is 0.128 e. The van der Waals surface area contributed by atoms with Crippen molar-refractivity contribution in [3.63, 3.8) is 0 Å². The van der Waals surface area contributed by atoms with E-state index in [2.05, 4.69) is 0 Å². The molecule has 0 amide bonds. The molecule has 2 rings (SSSR count). The van der Waals surface area contributed by atoms with Crippen LogP contribution < -0.4 is 0 Å². The molecular weight excluding hydrogens is 168 g/mol. The fourth-order valence-electron chi connectivity index (χ4n) is 2.18. The van der Waals surface area contributed by atoms with Crippen LogP contribution in [0, 0.1) is 5.41 Å². The molecule has 3 heteroatoms. The Morgan fingerprint density at radius 2 is 2.38 bits per heavy atom. The van der Waals surface area contributed by atoms with E-state index in [4.69, 9.17) is 9.47 Å². The Labute approximate surface area is 78.4 Å². The summed E-state index contributed by atoms with van der Waals surface area (Å²) in [7, 11) is 0. The minimum absolute atomic E-state index is 0.227. The molecule has 2 unspecified atom stereocenters. The lowest BCUT2D eigenvalue weighted by molar-refractivity contribution is -0.118. The van der Waals surface area contributed by atoms with Gasteiger partial charge in [0, 0.05) is 13.2 Å². The molecule has 2 atom stereocenters. The zero-order valence-electron chi connectivity index (χ0n) is 7.83. The number of rotatable bonds is 3. The Hall–Kier alpha value is -0.410. The first kappa shape index (κ1) is 9.16. The number of aldehydes is 1. The van der Waals surface area contributed by atoms with E-state index in [9.17, 15) is 4.79 Å². The summed E-state index contributed by atoms with van der Waals surface area (Å²) >= 11 is 0. The molecule has 3 nitrogen and oxygen atoms in total. The summed E-state index contributed by atoms with van der Waals surface area (Å²) in [4.78, 5) is 11.0. The first-order chi connectivity index (χ1) is 6.35. The fourth-order valence-corrected chi connectivity index (χ4v) is 2.18. The molecule has 0 aromatic rings. The Bertz CT molecular complexity index is 179. The van der Waals surface area contributed by atoms with Gasteiger partial charge in [-0.2, -0.15) is 0 Å². The third-order valence-corrected chi connectivity index (χ3v) is 3.04. The fraction of sp³-hybridized carbons (Fsp3) is 0.900. The van der Waals surface area contributed by atoms with Crippen molar-refractivity contribution < 1.29 is 14.3 Å². The molecule has 0 N–H and O–H groups in total. The van der Waals surface area contributed by atoms with Gasteiger partial charge < -0.3 is 14.3 Å². The van der Waals surface area contributed by atoms with Crippen LogP contribution in [0.4, 0.5) is 0 Å². The van der Waals surface area contributed by atoms with E-state index < -0.39 is 0 Å². The molecule has 13 heavy (non-hydrogen) atoms. The van der Waals surface area contributed by atoms with E-state index in [1.807, 2.05) is 0 Å². The standard InChI is InChI=1S/C10H16O3/c11-7-10(3-5-12-8-10)6-9-2-1-4-13-9/h7,9H,1-6,8H2. The lowest BCUT2D eigenvalue weighted by atomic mass is 9.83. The minimum Gasteiger partial charge on any atom is -0.380 e. The summed E-state index contributed by atoms with van der Waals surface area (Å²) in [5, 5.41) is 0. The third-order valence-electron chi connectivity index (χ3n) is 3.04. The van der Waals surface area contributed by atoms with Gasteiger partial charge in [-0.1, -0.05) is 0 Å². The van der Waals surface area contributed by atoms with Crippen molar-refractivity contribution in [1.82, 2.24) is 0 Å². The maximum atomic E-state index is 11.0. The van der Waals surface area contributed by atoms with E-state index in [0.717, 1.165) is 45.2 Å². The Morgan fingerprint density at radius 1 is 1.46 bits per heavy atom. The average molecular weight is 184 g/mol. The second-order valence-corrected chi connectivity index (χ2v) is 4.12. The molecule has 2 fully saturated rings. The maximum Gasteiger partial charge on any atom is 0.128 e. The molecule has 2 saturated heterocycles. The SMILES string of the molecule is O=CC1(CC2CCCO2)CCOC1. The van der Waals surface area contributed by atoms with Crippen molar-refractivity contribution in [2.45, 2.75) is 31.8 Å². The van der Waals surface area contributed by atoms with Crippen molar-refractivity contribution in [2.75, 3.05) is 19.8 Å². The van der Waals surface area contributed by atoms with Crippen LogP contribution in [0.5, 0.6) is 0 Å².